The Kier molecular flexibility index (Phi) is 6.16. The van der Waals surface area contributed by atoms with Gasteiger partial charge >= 0.3 is 5.97 Å². The molecular formula is C11H15NO5S2. The van der Waals surface area contributed by atoms with E-state index in [1.165, 1.54) is 5.38 Å². The topological polar surface area (TPSA) is 92.7 Å². The molecule has 1 aromatic heterocycles. The van der Waals surface area contributed by atoms with E-state index in [4.69, 9.17) is 9.84 Å². The minimum absolute atomic E-state index is 0.0115. The number of ether oxygens (including phenoxy) is 1. The summed E-state index contributed by atoms with van der Waals surface area (Å²) in [5.74, 6) is -1.14. The van der Waals surface area contributed by atoms with Crippen LogP contribution in [0.2, 0.25) is 0 Å². The molecule has 0 aliphatic rings. The number of carboxylic acids is 1. The number of sulfonamides is 1. The molecular weight excluding hydrogens is 290 g/mol. The molecule has 6 nitrogen and oxygen atoms in total. The SMILES string of the molecule is C=CCCOCCNS(=O)(=O)c1csc(C(=O)O)c1. The number of hydrogen-bond acceptors (Lipinski definition) is 5. The second-order valence-electron chi connectivity index (χ2n) is 3.54. The number of thiophene rings is 1. The van der Waals surface area contributed by atoms with Gasteiger partial charge in [-0.1, -0.05) is 6.08 Å². The lowest BCUT2D eigenvalue weighted by Crippen LogP contribution is -2.27. The van der Waals surface area contributed by atoms with Crippen molar-refractivity contribution in [3.8, 4) is 0 Å². The summed E-state index contributed by atoms with van der Waals surface area (Å²) in [7, 11) is -3.67. The molecule has 0 aromatic carbocycles. The fourth-order valence-electron chi connectivity index (χ4n) is 1.17. The monoisotopic (exact) mass is 305 g/mol. The lowest BCUT2D eigenvalue weighted by atomic mass is 10.5. The first-order valence-corrected chi connectivity index (χ1v) is 7.84. The first kappa shape index (κ1) is 15.8. The van der Waals surface area contributed by atoms with E-state index in [-0.39, 0.29) is 22.9 Å². The molecule has 19 heavy (non-hydrogen) atoms. The number of carboxylic acid groups (broad SMARTS) is 1. The predicted molar refractivity (Wildman–Crippen MR) is 72.1 cm³/mol. The molecule has 0 aliphatic carbocycles. The van der Waals surface area contributed by atoms with Gasteiger partial charge in [-0.25, -0.2) is 17.9 Å². The Hall–Kier alpha value is -1.22. The van der Waals surface area contributed by atoms with Crippen LogP contribution in [0.15, 0.2) is 29.0 Å². The quantitative estimate of drug-likeness (QED) is 0.530. The van der Waals surface area contributed by atoms with Gasteiger partial charge < -0.3 is 9.84 Å². The minimum Gasteiger partial charge on any atom is -0.477 e. The zero-order valence-corrected chi connectivity index (χ0v) is 11.8. The van der Waals surface area contributed by atoms with Gasteiger partial charge in [-0.15, -0.1) is 17.9 Å². The molecule has 1 rings (SSSR count). The molecule has 0 aliphatic heterocycles. The highest BCUT2D eigenvalue weighted by Gasteiger charge is 2.17. The van der Waals surface area contributed by atoms with Gasteiger partial charge in [0.05, 0.1) is 18.1 Å². The van der Waals surface area contributed by atoms with Crippen molar-refractivity contribution in [2.75, 3.05) is 19.8 Å². The second kappa shape index (κ2) is 7.39. The molecule has 0 atom stereocenters. The Morgan fingerprint density at radius 1 is 1.53 bits per heavy atom. The maximum atomic E-state index is 11.8. The summed E-state index contributed by atoms with van der Waals surface area (Å²) in [6, 6.07) is 1.13. The number of aromatic carboxylic acids is 1. The lowest BCUT2D eigenvalue weighted by molar-refractivity contribution is 0.0702. The van der Waals surface area contributed by atoms with Crippen LogP contribution in [0.5, 0.6) is 0 Å². The van der Waals surface area contributed by atoms with Gasteiger partial charge in [-0.05, 0) is 12.5 Å². The van der Waals surface area contributed by atoms with Crippen LogP contribution in [0.1, 0.15) is 16.1 Å². The summed E-state index contributed by atoms with van der Waals surface area (Å²) in [6.45, 7) is 4.42. The third-order valence-electron chi connectivity index (χ3n) is 2.10. The van der Waals surface area contributed by atoms with Crippen molar-refractivity contribution in [3.63, 3.8) is 0 Å². The molecule has 1 aromatic rings. The highest BCUT2D eigenvalue weighted by Crippen LogP contribution is 2.18. The van der Waals surface area contributed by atoms with Crippen molar-refractivity contribution in [1.29, 1.82) is 0 Å². The van der Waals surface area contributed by atoms with Crippen LogP contribution < -0.4 is 4.72 Å². The van der Waals surface area contributed by atoms with E-state index in [1.54, 1.807) is 6.08 Å². The highest BCUT2D eigenvalue weighted by molar-refractivity contribution is 7.89. The maximum absolute atomic E-state index is 11.8. The van der Waals surface area contributed by atoms with Gasteiger partial charge in [0.2, 0.25) is 10.0 Å². The Bertz CT molecular complexity index is 535. The standard InChI is InChI=1S/C11H15NO5S2/c1-2-3-5-17-6-4-12-19(15,16)9-7-10(11(13)14)18-8-9/h2,7-8,12H,1,3-6H2,(H,13,14). The molecule has 0 saturated carbocycles. The Morgan fingerprint density at radius 3 is 2.84 bits per heavy atom. The van der Waals surface area contributed by atoms with E-state index in [9.17, 15) is 13.2 Å². The lowest BCUT2D eigenvalue weighted by Gasteiger charge is -2.05. The van der Waals surface area contributed by atoms with Crippen molar-refractivity contribution in [1.82, 2.24) is 4.72 Å². The van der Waals surface area contributed by atoms with Crippen LogP contribution in [0.4, 0.5) is 0 Å². The van der Waals surface area contributed by atoms with Crippen LogP contribution in [0.3, 0.4) is 0 Å². The maximum Gasteiger partial charge on any atom is 0.345 e. The van der Waals surface area contributed by atoms with Gasteiger partial charge in [-0.2, -0.15) is 0 Å². The van der Waals surface area contributed by atoms with E-state index in [0.717, 1.165) is 17.4 Å². The molecule has 2 N–H and O–H groups in total. The molecule has 106 valence electrons. The first-order valence-electron chi connectivity index (χ1n) is 5.47. The Labute approximate surface area is 115 Å². The van der Waals surface area contributed by atoms with Crippen molar-refractivity contribution in [2.24, 2.45) is 0 Å². The summed E-state index contributed by atoms with van der Waals surface area (Å²) in [5, 5.41) is 10.0. The summed E-state index contributed by atoms with van der Waals surface area (Å²) in [4.78, 5) is 10.6. The fraction of sp³-hybridized carbons (Fsp3) is 0.364. The van der Waals surface area contributed by atoms with Crippen LogP contribution in [0.25, 0.3) is 0 Å². The Balaban J connectivity index is 2.46. The molecule has 0 fully saturated rings. The number of hydrogen-bond donors (Lipinski definition) is 2. The van der Waals surface area contributed by atoms with E-state index >= 15 is 0 Å². The zero-order valence-electron chi connectivity index (χ0n) is 10.2. The predicted octanol–water partition coefficient (Wildman–Crippen LogP) is 1.32. The molecule has 8 heteroatoms. The zero-order chi connectivity index (χ0) is 14.3. The van der Waals surface area contributed by atoms with Crippen molar-refractivity contribution in [3.05, 3.63) is 29.0 Å². The normalized spacial score (nSPS) is 11.4. The molecule has 0 amide bonds. The van der Waals surface area contributed by atoms with Crippen molar-refractivity contribution in [2.45, 2.75) is 11.3 Å². The molecule has 1 heterocycles. The molecule has 0 unspecified atom stereocenters. The molecule has 0 radical (unpaired) electrons. The van der Waals surface area contributed by atoms with Gasteiger partial charge in [0.25, 0.3) is 0 Å². The third kappa shape index (κ3) is 5.11. The number of carbonyl (C=O) groups is 1. The molecule has 0 saturated heterocycles. The van der Waals surface area contributed by atoms with Crippen LogP contribution in [-0.4, -0.2) is 39.3 Å². The first-order chi connectivity index (χ1) is 8.97. The van der Waals surface area contributed by atoms with Crippen molar-refractivity contribution >= 4 is 27.3 Å². The molecule has 0 spiro atoms. The summed E-state index contributed by atoms with van der Waals surface area (Å²) >= 11 is 0.874. The van der Waals surface area contributed by atoms with Gasteiger partial charge in [0.15, 0.2) is 0 Å². The average Bonchev–Trinajstić information content (AvgIpc) is 2.84. The highest BCUT2D eigenvalue weighted by atomic mass is 32.2. The van der Waals surface area contributed by atoms with Gasteiger partial charge in [-0.3, -0.25) is 0 Å². The van der Waals surface area contributed by atoms with Crippen LogP contribution in [-0.2, 0) is 14.8 Å². The average molecular weight is 305 g/mol. The van der Waals surface area contributed by atoms with E-state index in [0.29, 0.717) is 13.0 Å². The Morgan fingerprint density at radius 2 is 2.26 bits per heavy atom. The van der Waals surface area contributed by atoms with Crippen LogP contribution >= 0.6 is 11.3 Å². The third-order valence-corrected chi connectivity index (χ3v) is 4.61. The fourth-order valence-corrected chi connectivity index (χ4v) is 3.30. The van der Waals surface area contributed by atoms with Gasteiger partial charge in [0, 0.05) is 11.9 Å². The number of rotatable bonds is 9. The largest absolute Gasteiger partial charge is 0.477 e. The minimum atomic E-state index is -3.67. The number of nitrogens with one attached hydrogen (secondary N) is 1. The second-order valence-corrected chi connectivity index (χ2v) is 6.22. The smallest absolute Gasteiger partial charge is 0.345 e. The summed E-state index contributed by atoms with van der Waals surface area (Å²) < 4.78 is 31.1. The van der Waals surface area contributed by atoms with Gasteiger partial charge in [0.1, 0.15) is 4.88 Å². The summed E-state index contributed by atoms with van der Waals surface area (Å²) in [6.07, 6.45) is 2.42. The van der Waals surface area contributed by atoms with E-state index < -0.39 is 16.0 Å². The van der Waals surface area contributed by atoms with Crippen molar-refractivity contribution < 1.29 is 23.1 Å². The van der Waals surface area contributed by atoms with Crippen LogP contribution in [0, 0.1) is 0 Å². The summed E-state index contributed by atoms with van der Waals surface area (Å²) in [5.41, 5.74) is 0. The van der Waals surface area contributed by atoms with E-state index in [1.807, 2.05) is 0 Å². The van der Waals surface area contributed by atoms with E-state index in [2.05, 4.69) is 11.3 Å². The molecule has 0 bridgehead atoms.